The first kappa shape index (κ1) is 20.7. The first-order valence-electron chi connectivity index (χ1n) is 10.3. The van der Waals surface area contributed by atoms with Crippen LogP contribution in [0.4, 0.5) is 5.69 Å². The first-order valence-corrected chi connectivity index (χ1v) is 10.3. The Morgan fingerprint density at radius 3 is 2.52 bits per heavy atom. The quantitative estimate of drug-likeness (QED) is 0.580. The standard InChI is InChI=1S/C24H25N3O4/c28-23(26-18-10-12-20(13-11-18)31-19-6-2-1-3-7-19)17-27-14-4-9-22(27)24(29)25-16-21-8-5-15-30-21/h1-3,5-8,10-13,15,22H,4,9,14,16-17H2,(H,25,29)(H,26,28). The van der Waals surface area contributed by atoms with Crippen LogP contribution in [0, 0.1) is 0 Å². The van der Waals surface area contributed by atoms with Gasteiger partial charge in [-0.05, 0) is 67.9 Å². The summed E-state index contributed by atoms with van der Waals surface area (Å²) in [4.78, 5) is 27.0. The van der Waals surface area contributed by atoms with Gasteiger partial charge in [0.2, 0.25) is 11.8 Å². The van der Waals surface area contributed by atoms with Crippen molar-refractivity contribution in [1.29, 1.82) is 0 Å². The number of anilines is 1. The van der Waals surface area contributed by atoms with Gasteiger partial charge in [0, 0.05) is 5.69 Å². The maximum Gasteiger partial charge on any atom is 0.238 e. The van der Waals surface area contributed by atoms with E-state index in [1.165, 1.54) is 0 Å². The van der Waals surface area contributed by atoms with Crippen LogP contribution in [0.3, 0.4) is 0 Å². The molecule has 1 fully saturated rings. The second-order valence-electron chi connectivity index (χ2n) is 7.41. The molecule has 0 spiro atoms. The smallest absolute Gasteiger partial charge is 0.238 e. The molecule has 7 nitrogen and oxygen atoms in total. The Labute approximate surface area is 181 Å². The molecule has 0 aliphatic carbocycles. The maximum absolute atomic E-state index is 12.5. The summed E-state index contributed by atoms with van der Waals surface area (Å²) in [5.74, 6) is 1.92. The van der Waals surface area contributed by atoms with Gasteiger partial charge in [0.1, 0.15) is 17.3 Å². The van der Waals surface area contributed by atoms with Gasteiger partial charge in [-0.25, -0.2) is 0 Å². The van der Waals surface area contributed by atoms with Gasteiger partial charge in [-0.3, -0.25) is 14.5 Å². The van der Waals surface area contributed by atoms with Gasteiger partial charge >= 0.3 is 0 Å². The number of para-hydroxylation sites is 1. The van der Waals surface area contributed by atoms with E-state index in [-0.39, 0.29) is 24.4 Å². The Bertz CT molecular complexity index is 987. The number of hydrogen-bond donors (Lipinski definition) is 2. The average Bonchev–Trinajstić information content (AvgIpc) is 3.46. The van der Waals surface area contributed by atoms with E-state index in [2.05, 4.69) is 10.6 Å². The number of rotatable bonds is 8. The van der Waals surface area contributed by atoms with Crippen LogP contribution in [0.25, 0.3) is 0 Å². The van der Waals surface area contributed by atoms with Crippen molar-refractivity contribution < 1.29 is 18.7 Å². The van der Waals surface area contributed by atoms with Crippen LogP contribution in [-0.2, 0) is 16.1 Å². The average molecular weight is 419 g/mol. The molecular weight excluding hydrogens is 394 g/mol. The van der Waals surface area contributed by atoms with Gasteiger partial charge in [0.05, 0.1) is 25.4 Å². The molecule has 3 aromatic rings. The predicted octanol–water partition coefficient (Wildman–Crippen LogP) is 3.79. The highest BCUT2D eigenvalue weighted by molar-refractivity contribution is 5.93. The molecule has 1 aliphatic heterocycles. The molecule has 0 bridgehead atoms. The third-order valence-electron chi connectivity index (χ3n) is 5.15. The number of furan rings is 1. The van der Waals surface area contributed by atoms with Gasteiger partial charge in [-0.15, -0.1) is 0 Å². The Morgan fingerprint density at radius 1 is 1.00 bits per heavy atom. The molecule has 4 rings (SSSR count). The number of nitrogens with zero attached hydrogens (tertiary/aromatic N) is 1. The third kappa shape index (κ3) is 5.73. The van der Waals surface area contributed by atoms with Crippen LogP contribution < -0.4 is 15.4 Å². The lowest BCUT2D eigenvalue weighted by Gasteiger charge is -2.23. The highest BCUT2D eigenvalue weighted by Gasteiger charge is 2.31. The molecule has 1 aliphatic rings. The minimum atomic E-state index is -0.303. The second kappa shape index (κ2) is 9.95. The summed E-state index contributed by atoms with van der Waals surface area (Å²) in [5, 5.41) is 5.78. The van der Waals surface area contributed by atoms with Crippen LogP contribution in [0.15, 0.2) is 77.4 Å². The Hall–Kier alpha value is -3.58. The zero-order valence-electron chi connectivity index (χ0n) is 17.1. The monoisotopic (exact) mass is 419 g/mol. The zero-order valence-corrected chi connectivity index (χ0v) is 17.1. The van der Waals surface area contributed by atoms with Gasteiger partial charge < -0.3 is 19.8 Å². The minimum Gasteiger partial charge on any atom is -0.467 e. The second-order valence-corrected chi connectivity index (χ2v) is 7.41. The van der Waals surface area contributed by atoms with Crippen LogP contribution in [0.2, 0.25) is 0 Å². The Kier molecular flexibility index (Phi) is 6.64. The number of benzene rings is 2. The van der Waals surface area contributed by atoms with Crippen molar-refractivity contribution in [2.45, 2.75) is 25.4 Å². The number of nitrogens with one attached hydrogen (secondary N) is 2. The molecule has 0 saturated carbocycles. The van der Waals surface area contributed by atoms with Crippen molar-refractivity contribution in [3.8, 4) is 11.5 Å². The van der Waals surface area contributed by atoms with Crippen molar-refractivity contribution in [3.05, 3.63) is 78.8 Å². The summed E-state index contributed by atoms with van der Waals surface area (Å²) >= 11 is 0. The van der Waals surface area contributed by atoms with E-state index in [9.17, 15) is 9.59 Å². The lowest BCUT2D eigenvalue weighted by atomic mass is 10.2. The number of carbonyl (C=O) groups is 2. The van der Waals surface area contributed by atoms with Crippen LogP contribution in [-0.4, -0.2) is 35.8 Å². The van der Waals surface area contributed by atoms with E-state index in [4.69, 9.17) is 9.15 Å². The van der Waals surface area contributed by atoms with E-state index < -0.39 is 0 Å². The molecule has 2 aromatic carbocycles. The molecule has 160 valence electrons. The summed E-state index contributed by atoms with van der Waals surface area (Å²) in [6.45, 7) is 1.23. The molecule has 31 heavy (non-hydrogen) atoms. The van der Waals surface area contributed by atoms with E-state index in [1.807, 2.05) is 53.4 Å². The van der Waals surface area contributed by atoms with Crippen molar-refractivity contribution >= 4 is 17.5 Å². The lowest BCUT2D eigenvalue weighted by molar-refractivity contribution is -0.126. The summed E-state index contributed by atoms with van der Waals surface area (Å²) in [6, 6.07) is 20.0. The van der Waals surface area contributed by atoms with Gasteiger partial charge in [-0.2, -0.15) is 0 Å². The summed E-state index contributed by atoms with van der Waals surface area (Å²) in [6.07, 6.45) is 3.20. The summed E-state index contributed by atoms with van der Waals surface area (Å²) in [7, 11) is 0. The zero-order chi connectivity index (χ0) is 21.5. The van der Waals surface area contributed by atoms with E-state index in [0.717, 1.165) is 25.1 Å². The molecule has 1 aromatic heterocycles. The molecule has 2 heterocycles. The largest absolute Gasteiger partial charge is 0.467 e. The molecule has 7 heteroatoms. The highest BCUT2D eigenvalue weighted by atomic mass is 16.5. The SMILES string of the molecule is O=C(CN1CCCC1C(=O)NCc1ccco1)Nc1ccc(Oc2ccccc2)cc1. The van der Waals surface area contributed by atoms with Crippen LogP contribution >= 0.6 is 0 Å². The fraction of sp³-hybridized carbons (Fsp3) is 0.250. The molecule has 1 unspecified atom stereocenters. The van der Waals surface area contributed by atoms with E-state index >= 15 is 0 Å². The molecule has 1 atom stereocenters. The van der Waals surface area contributed by atoms with Crippen molar-refractivity contribution in [1.82, 2.24) is 10.2 Å². The molecular formula is C24H25N3O4. The number of hydrogen-bond acceptors (Lipinski definition) is 5. The number of amides is 2. The van der Waals surface area contributed by atoms with Crippen molar-refractivity contribution in [3.63, 3.8) is 0 Å². The number of carbonyl (C=O) groups excluding carboxylic acids is 2. The number of likely N-dealkylation sites (tertiary alicyclic amines) is 1. The third-order valence-corrected chi connectivity index (χ3v) is 5.15. The molecule has 2 N–H and O–H groups in total. The normalized spacial score (nSPS) is 16.1. The fourth-order valence-electron chi connectivity index (χ4n) is 3.63. The fourth-order valence-corrected chi connectivity index (χ4v) is 3.63. The molecule has 2 amide bonds. The van der Waals surface area contributed by atoms with Gasteiger partial charge in [-0.1, -0.05) is 18.2 Å². The first-order chi connectivity index (χ1) is 15.2. The lowest BCUT2D eigenvalue weighted by Crippen LogP contribution is -2.45. The van der Waals surface area contributed by atoms with Gasteiger partial charge in [0.25, 0.3) is 0 Å². The Morgan fingerprint density at radius 2 is 1.77 bits per heavy atom. The Balaban J connectivity index is 1.27. The van der Waals surface area contributed by atoms with E-state index in [0.29, 0.717) is 23.7 Å². The van der Waals surface area contributed by atoms with E-state index in [1.54, 1.807) is 24.5 Å². The maximum atomic E-state index is 12.5. The molecule has 0 radical (unpaired) electrons. The summed E-state index contributed by atoms with van der Waals surface area (Å²) < 4.78 is 11.0. The predicted molar refractivity (Wildman–Crippen MR) is 117 cm³/mol. The van der Waals surface area contributed by atoms with Gasteiger partial charge in [0.15, 0.2) is 0 Å². The summed E-state index contributed by atoms with van der Waals surface area (Å²) in [5.41, 5.74) is 0.684. The topological polar surface area (TPSA) is 83.8 Å². The highest BCUT2D eigenvalue weighted by Crippen LogP contribution is 2.23. The molecule has 1 saturated heterocycles. The van der Waals surface area contributed by atoms with Crippen LogP contribution in [0.1, 0.15) is 18.6 Å². The van der Waals surface area contributed by atoms with Crippen molar-refractivity contribution in [2.24, 2.45) is 0 Å². The van der Waals surface area contributed by atoms with Crippen LogP contribution in [0.5, 0.6) is 11.5 Å². The van der Waals surface area contributed by atoms with Crippen molar-refractivity contribution in [2.75, 3.05) is 18.4 Å². The minimum absolute atomic E-state index is 0.0795. The number of ether oxygens (including phenoxy) is 1.